The molecule has 2 N–H and O–H groups in total. The minimum Gasteiger partial charge on any atom is -0.305 e. The molecule has 31 heavy (non-hydrogen) atoms. The van der Waals surface area contributed by atoms with E-state index in [2.05, 4.69) is 28.2 Å². The van der Waals surface area contributed by atoms with Crippen molar-refractivity contribution in [2.24, 2.45) is 5.92 Å². The fraction of sp³-hybridized carbons (Fsp3) is 0.185. The minimum atomic E-state index is 0.441. The predicted octanol–water partition coefficient (Wildman–Crippen LogP) is 6.54. The smallest absolute Gasteiger partial charge is 0.0432 e. The largest absolute Gasteiger partial charge is 0.305 e. The highest BCUT2D eigenvalue weighted by molar-refractivity contribution is 6.08. The third-order valence-corrected chi connectivity index (χ3v) is 5.75. The highest BCUT2D eigenvalue weighted by Gasteiger charge is 2.23. The van der Waals surface area contributed by atoms with E-state index in [0.29, 0.717) is 11.6 Å². The molecule has 2 heterocycles. The lowest BCUT2D eigenvalue weighted by Gasteiger charge is -2.26. The maximum atomic E-state index is 8.19. The number of hydrogen-bond donors (Lipinski definition) is 2. The van der Waals surface area contributed by atoms with E-state index in [1.807, 2.05) is 61.8 Å². The Hall–Kier alpha value is -3.66. The number of benzene rings is 2. The molecule has 0 spiro atoms. The quantitative estimate of drug-likeness (QED) is 0.378. The summed E-state index contributed by atoms with van der Waals surface area (Å²) in [7, 11) is 0. The van der Waals surface area contributed by atoms with Gasteiger partial charge in [0.05, 0.1) is 0 Å². The van der Waals surface area contributed by atoms with Crippen LogP contribution < -0.4 is 0 Å². The van der Waals surface area contributed by atoms with Crippen LogP contribution in [-0.4, -0.2) is 21.4 Å². The van der Waals surface area contributed by atoms with Gasteiger partial charge in [-0.2, -0.15) is 0 Å². The molecule has 4 heteroatoms. The number of nitrogens with zero attached hydrogens (tertiary/aromatic N) is 2. The van der Waals surface area contributed by atoms with Crippen LogP contribution in [0.3, 0.4) is 0 Å². The van der Waals surface area contributed by atoms with E-state index in [-0.39, 0.29) is 0 Å². The molecule has 0 radical (unpaired) electrons. The highest BCUT2D eigenvalue weighted by Crippen LogP contribution is 2.30. The maximum absolute atomic E-state index is 8.19. The molecule has 5 rings (SSSR count). The molecule has 0 atom stereocenters. The maximum Gasteiger partial charge on any atom is 0.0432 e. The van der Waals surface area contributed by atoms with E-state index in [1.54, 1.807) is 12.4 Å². The van der Waals surface area contributed by atoms with Gasteiger partial charge in [0, 0.05) is 64.4 Å². The molecular weight excluding hydrogens is 380 g/mol. The van der Waals surface area contributed by atoms with E-state index < -0.39 is 0 Å². The Bertz CT molecular complexity index is 1200. The Morgan fingerprint density at radius 1 is 0.839 bits per heavy atom. The Kier molecular flexibility index (Phi) is 6.27. The van der Waals surface area contributed by atoms with E-state index in [1.165, 1.54) is 11.8 Å². The van der Waals surface area contributed by atoms with Crippen LogP contribution in [0.4, 0.5) is 0 Å². The summed E-state index contributed by atoms with van der Waals surface area (Å²) in [4.78, 5) is 8.37. The van der Waals surface area contributed by atoms with Crippen LogP contribution in [0.2, 0.25) is 0 Å². The van der Waals surface area contributed by atoms with Gasteiger partial charge in [-0.3, -0.25) is 9.97 Å². The fourth-order valence-corrected chi connectivity index (χ4v) is 3.76. The molecule has 1 aliphatic rings. The SMILES string of the molecule is CC(=N)c1cccc2ccccc12.N=C(c1cncc(-c2cccnc2)c1)C1CCC1. The first-order valence-electron chi connectivity index (χ1n) is 10.6. The summed E-state index contributed by atoms with van der Waals surface area (Å²) >= 11 is 0. The lowest BCUT2D eigenvalue weighted by Crippen LogP contribution is -2.22. The molecule has 0 saturated heterocycles. The zero-order valence-corrected chi connectivity index (χ0v) is 17.7. The average molecular weight is 407 g/mol. The number of hydrogen-bond acceptors (Lipinski definition) is 4. The molecule has 0 aliphatic heterocycles. The molecule has 0 unspecified atom stereocenters. The Balaban J connectivity index is 0.000000158. The summed E-state index contributed by atoms with van der Waals surface area (Å²) in [6, 6.07) is 20.2. The molecular formula is C27H26N4. The van der Waals surface area contributed by atoms with Gasteiger partial charge in [0.25, 0.3) is 0 Å². The third-order valence-electron chi connectivity index (χ3n) is 5.75. The number of nitrogens with one attached hydrogen (secondary N) is 2. The van der Waals surface area contributed by atoms with Gasteiger partial charge in [0.2, 0.25) is 0 Å². The second-order valence-corrected chi connectivity index (χ2v) is 7.90. The van der Waals surface area contributed by atoms with E-state index in [9.17, 15) is 0 Å². The molecule has 1 aliphatic carbocycles. The summed E-state index contributed by atoms with van der Waals surface area (Å²) in [5, 5.41) is 18.2. The number of aromatic nitrogens is 2. The summed E-state index contributed by atoms with van der Waals surface area (Å²) in [6.45, 7) is 1.82. The molecule has 154 valence electrons. The van der Waals surface area contributed by atoms with E-state index in [0.717, 1.165) is 46.2 Å². The Labute approximate surface area is 183 Å². The average Bonchev–Trinajstić information content (AvgIpc) is 2.78. The van der Waals surface area contributed by atoms with Crippen LogP contribution in [0.1, 0.15) is 37.3 Å². The van der Waals surface area contributed by atoms with Crippen molar-refractivity contribution >= 4 is 22.2 Å². The van der Waals surface area contributed by atoms with Gasteiger partial charge in [-0.25, -0.2) is 0 Å². The molecule has 1 fully saturated rings. The van der Waals surface area contributed by atoms with Crippen molar-refractivity contribution in [3.63, 3.8) is 0 Å². The Morgan fingerprint density at radius 2 is 1.61 bits per heavy atom. The second-order valence-electron chi connectivity index (χ2n) is 7.90. The van der Waals surface area contributed by atoms with Crippen molar-refractivity contribution in [1.82, 2.24) is 9.97 Å². The standard InChI is InChI=1S/C15H15N3.C12H11N/c16-15(11-3-1-4-11)14-7-13(9-18-10-14)12-5-2-6-17-8-12;1-9(13)11-8-4-6-10-5-2-3-7-12(10)11/h2,5-11,16H,1,3-4H2;2-8,13H,1H3. The number of pyridine rings is 2. The summed E-state index contributed by atoms with van der Waals surface area (Å²) in [5.41, 5.74) is 5.41. The fourth-order valence-electron chi connectivity index (χ4n) is 3.76. The van der Waals surface area contributed by atoms with Crippen LogP contribution in [0.15, 0.2) is 85.5 Å². The highest BCUT2D eigenvalue weighted by atomic mass is 14.6. The van der Waals surface area contributed by atoms with Crippen molar-refractivity contribution in [3.8, 4) is 11.1 Å². The normalized spacial score (nSPS) is 13.1. The lowest BCUT2D eigenvalue weighted by molar-refractivity contribution is 0.412. The molecule has 0 amide bonds. The first-order valence-corrected chi connectivity index (χ1v) is 10.6. The summed E-state index contributed by atoms with van der Waals surface area (Å²) < 4.78 is 0. The monoisotopic (exact) mass is 406 g/mol. The van der Waals surface area contributed by atoms with Crippen LogP contribution in [0.25, 0.3) is 21.9 Å². The number of rotatable bonds is 4. The van der Waals surface area contributed by atoms with Crippen LogP contribution >= 0.6 is 0 Å². The summed E-state index contributed by atoms with van der Waals surface area (Å²) in [6.07, 6.45) is 10.8. The molecule has 1 saturated carbocycles. The van der Waals surface area contributed by atoms with Crippen molar-refractivity contribution in [1.29, 1.82) is 10.8 Å². The van der Waals surface area contributed by atoms with Gasteiger partial charge in [-0.15, -0.1) is 0 Å². The molecule has 0 bridgehead atoms. The molecule has 2 aromatic carbocycles. The zero-order chi connectivity index (χ0) is 21.6. The van der Waals surface area contributed by atoms with Crippen LogP contribution in [0, 0.1) is 16.7 Å². The van der Waals surface area contributed by atoms with Gasteiger partial charge in [0.1, 0.15) is 0 Å². The molecule has 4 nitrogen and oxygen atoms in total. The van der Waals surface area contributed by atoms with Crippen LogP contribution in [-0.2, 0) is 0 Å². The molecule has 2 aromatic heterocycles. The van der Waals surface area contributed by atoms with Crippen molar-refractivity contribution in [2.75, 3.05) is 0 Å². The van der Waals surface area contributed by atoms with Crippen LogP contribution in [0.5, 0.6) is 0 Å². The Morgan fingerprint density at radius 3 is 2.32 bits per heavy atom. The first kappa shape index (κ1) is 20.6. The van der Waals surface area contributed by atoms with Gasteiger partial charge >= 0.3 is 0 Å². The van der Waals surface area contributed by atoms with Gasteiger partial charge < -0.3 is 10.8 Å². The van der Waals surface area contributed by atoms with Crippen molar-refractivity contribution < 1.29 is 0 Å². The zero-order valence-electron chi connectivity index (χ0n) is 17.7. The minimum absolute atomic E-state index is 0.441. The van der Waals surface area contributed by atoms with E-state index in [4.69, 9.17) is 10.8 Å². The molecule has 4 aromatic rings. The van der Waals surface area contributed by atoms with Gasteiger partial charge in [-0.1, -0.05) is 55.0 Å². The topological polar surface area (TPSA) is 73.5 Å². The van der Waals surface area contributed by atoms with E-state index >= 15 is 0 Å². The predicted molar refractivity (Wildman–Crippen MR) is 128 cm³/mol. The lowest BCUT2D eigenvalue weighted by atomic mass is 9.79. The van der Waals surface area contributed by atoms with Gasteiger partial charge in [-0.05, 0) is 42.7 Å². The first-order chi connectivity index (χ1) is 15.1. The van der Waals surface area contributed by atoms with Gasteiger partial charge in [0.15, 0.2) is 0 Å². The van der Waals surface area contributed by atoms with Crippen molar-refractivity contribution in [3.05, 3.63) is 96.6 Å². The van der Waals surface area contributed by atoms with Crippen molar-refractivity contribution in [2.45, 2.75) is 26.2 Å². The third kappa shape index (κ3) is 4.75. The summed E-state index contributed by atoms with van der Waals surface area (Å²) in [5.74, 6) is 0.441. The number of fused-ring (bicyclic) bond motifs is 1. The second kappa shape index (κ2) is 9.43.